The van der Waals surface area contributed by atoms with Crippen LogP contribution in [-0.2, 0) is 14.4 Å². The van der Waals surface area contributed by atoms with Crippen LogP contribution in [0.1, 0.15) is 79.0 Å². The summed E-state index contributed by atoms with van der Waals surface area (Å²) >= 11 is 0. The van der Waals surface area contributed by atoms with Crippen molar-refractivity contribution in [1.29, 1.82) is 0 Å². The molecule has 1 aromatic rings. The highest BCUT2D eigenvalue weighted by molar-refractivity contribution is 6.04. The maximum atomic E-state index is 12.1. The first kappa shape index (κ1) is 30.1. The predicted octanol–water partition coefficient (Wildman–Crippen LogP) is 2.29. The van der Waals surface area contributed by atoms with Gasteiger partial charge in [0.15, 0.2) is 0 Å². The third-order valence-corrected chi connectivity index (χ3v) is 4.65. The second kappa shape index (κ2) is 11.2. The molecule has 0 radical (unpaired) electrons. The number of phenolic OH excluding ortho intramolecular Hbond substituents is 3. The molecule has 1 rings (SSSR count). The van der Waals surface area contributed by atoms with Crippen molar-refractivity contribution in [1.82, 2.24) is 16.3 Å². The van der Waals surface area contributed by atoms with Crippen molar-refractivity contribution < 1.29 is 29.7 Å². The monoisotopic (exact) mass is 504 g/mol. The smallest absolute Gasteiger partial charge is 0.245 e. The number of amides is 3. The first-order valence-corrected chi connectivity index (χ1v) is 11.1. The molecule has 198 valence electrons. The normalized spacial score (nSPS) is 12.9. The molecule has 0 aliphatic rings. The number of carbonyl (C=O) groups excluding carboxylic acids is 3. The van der Waals surface area contributed by atoms with E-state index in [0.717, 1.165) is 18.6 Å². The van der Waals surface area contributed by atoms with Crippen LogP contribution in [0, 0.1) is 16.2 Å². The third kappa shape index (κ3) is 8.07. The number of nitrogens with one attached hydrogen (secondary N) is 3. The zero-order valence-electron chi connectivity index (χ0n) is 22.1. The van der Waals surface area contributed by atoms with E-state index >= 15 is 0 Å². The maximum Gasteiger partial charge on any atom is 0.245 e. The largest absolute Gasteiger partial charge is 0.506 e. The fourth-order valence-corrected chi connectivity index (χ4v) is 2.11. The van der Waals surface area contributed by atoms with Gasteiger partial charge < -0.3 is 15.3 Å². The van der Waals surface area contributed by atoms with E-state index in [2.05, 4.69) is 31.6 Å². The molecule has 0 heterocycles. The second-order valence-electron chi connectivity index (χ2n) is 11.1. The molecule has 6 N–H and O–H groups in total. The molecule has 0 unspecified atom stereocenters. The Labute approximate surface area is 210 Å². The zero-order valence-corrected chi connectivity index (χ0v) is 22.1. The molecule has 0 aliphatic carbocycles. The van der Waals surface area contributed by atoms with Gasteiger partial charge in [-0.2, -0.15) is 15.3 Å². The highest BCUT2D eigenvalue weighted by atomic mass is 16.3. The number of rotatable bonds is 6. The Kier molecular flexibility index (Phi) is 9.34. The van der Waals surface area contributed by atoms with Crippen LogP contribution in [0.3, 0.4) is 0 Å². The van der Waals surface area contributed by atoms with Crippen molar-refractivity contribution in [2.24, 2.45) is 31.5 Å². The van der Waals surface area contributed by atoms with Crippen molar-refractivity contribution in [2.75, 3.05) is 0 Å². The summed E-state index contributed by atoms with van der Waals surface area (Å²) in [6, 6.07) is 0. The summed E-state index contributed by atoms with van der Waals surface area (Å²) in [5.41, 5.74) is 3.79. The van der Waals surface area contributed by atoms with Gasteiger partial charge in [-0.25, -0.2) is 16.3 Å². The number of hydrazone groups is 3. The molecule has 0 atom stereocenters. The van der Waals surface area contributed by atoms with Crippen LogP contribution in [-0.4, -0.2) is 51.7 Å². The van der Waals surface area contributed by atoms with Crippen LogP contribution in [0.15, 0.2) is 15.3 Å². The van der Waals surface area contributed by atoms with Crippen LogP contribution in [0.2, 0.25) is 0 Å². The Morgan fingerprint density at radius 3 is 0.889 bits per heavy atom. The molecular weight excluding hydrogens is 468 g/mol. The van der Waals surface area contributed by atoms with E-state index in [0.29, 0.717) is 0 Å². The molecule has 0 spiro atoms. The summed E-state index contributed by atoms with van der Waals surface area (Å²) in [5, 5.41) is 43.4. The maximum absolute atomic E-state index is 12.1. The molecule has 0 aromatic heterocycles. The standard InChI is InChI=1S/C24H36N6O6/c1-22(2,3)19(34)28-25-10-13-16(31)14(11-26-29-20(35)23(4,5)6)18(33)15(17(13)32)12-27-30-21(36)24(7,8)9/h10-12,31-33H,1-9H3,(H,28,34)(H,29,35)(H,30,36)/b25-10+,26-11+,27-12+. The molecule has 0 fully saturated rings. The van der Waals surface area contributed by atoms with Gasteiger partial charge in [-0.3, -0.25) is 14.4 Å². The van der Waals surface area contributed by atoms with Crippen molar-refractivity contribution in [2.45, 2.75) is 62.3 Å². The summed E-state index contributed by atoms with van der Waals surface area (Å²) in [6.45, 7) is 15.1. The van der Waals surface area contributed by atoms with Crippen LogP contribution >= 0.6 is 0 Å². The number of benzene rings is 1. The van der Waals surface area contributed by atoms with Gasteiger partial charge >= 0.3 is 0 Å². The van der Waals surface area contributed by atoms with Crippen molar-refractivity contribution >= 4 is 36.4 Å². The average Bonchev–Trinajstić information content (AvgIpc) is 2.72. The molecule has 0 bridgehead atoms. The molecule has 3 amide bonds. The SMILES string of the molecule is CC(C)(C)C(=O)N/N=C/c1c(O)c(/C=N/NC(=O)C(C)(C)C)c(O)c(/C=N/NC(=O)C(C)(C)C)c1O. The van der Waals surface area contributed by atoms with Gasteiger partial charge in [0.2, 0.25) is 17.7 Å². The first-order chi connectivity index (χ1) is 16.3. The molecular formula is C24H36N6O6. The van der Waals surface area contributed by atoms with Crippen molar-refractivity contribution in [3.8, 4) is 17.2 Å². The lowest BCUT2D eigenvalue weighted by atomic mass is 9.96. The minimum Gasteiger partial charge on any atom is -0.506 e. The summed E-state index contributed by atoms with van der Waals surface area (Å²) in [7, 11) is 0. The van der Waals surface area contributed by atoms with Crippen LogP contribution in [0.25, 0.3) is 0 Å². The fraction of sp³-hybridized carbons (Fsp3) is 0.500. The first-order valence-electron chi connectivity index (χ1n) is 11.1. The molecule has 1 aromatic carbocycles. The van der Waals surface area contributed by atoms with Crippen LogP contribution in [0.5, 0.6) is 17.2 Å². The van der Waals surface area contributed by atoms with E-state index in [4.69, 9.17) is 0 Å². The highest BCUT2D eigenvalue weighted by Crippen LogP contribution is 2.39. The van der Waals surface area contributed by atoms with Gasteiger partial charge in [-0.15, -0.1) is 0 Å². The third-order valence-electron chi connectivity index (χ3n) is 4.65. The van der Waals surface area contributed by atoms with Gasteiger partial charge in [-0.05, 0) is 0 Å². The predicted molar refractivity (Wildman–Crippen MR) is 137 cm³/mol. The topological polar surface area (TPSA) is 185 Å². The molecule has 12 heteroatoms. The highest BCUT2D eigenvalue weighted by Gasteiger charge is 2.25. The average molecular weight is 505 g/mol. The molecule has 0 saturated heterocycles. The zero-order chi connectivity index (χ0) is 28.1. The Hall–Kier alpha value is -3.96. The van der Waals surface area contributed by atoms with Crippen molar-refractivity contribution in [3.05, 3.63) is 16.7 Å². The summed E-state index contributed by atoms with van der Waals surface area (Å²) in [4.78, 5) is 36.2. The van der Waals surface area contributed by atoms with Gasteiger partial charge in [-0.1, -0.05) is 62.3 Å². The van der Waals surface area contributed by atoms with Gasteiger partial charge in [0.1, 0.15) is 17.2 Å². The van der Waals surface area contributed by atoms with E-state index in [1.165, 1.54) is 0 Å². The Morgan fingerprint density at radius 1 is 0.528 bits per heavy atom. The van der Waals surface area contributed by atoms with Gasteiger partial charge in [0, 0.05) is 16.2 Å². The Morgan fingerprint density at radius 2 is 0.722 bits per heavy atom. The summed E-state index contributed by atoms with van der Waals surface area (Å²) in [5.74, 6) is -3.17. The summed E-state index contributed by atoms with van der Waals surface area (Å²) in [6.07, 6.45) is 2.93. The summed E-state index contributed by atoms with van der Waals surface area (Å²) < 4.78 is 0. The Bertz CT molecular complexity index is 943. The fourth-order valence-electron chi connectivity index (χ4n) is 2.11. The second-order valence-corrected chi connectivity index (χ2v) is 11.1. The number of nitrogens with zero attached hydrogens (tertiary/aromatic N) is 3. The Balaban J connectivity index is 3.53. The molecule has 36 heavy (non-hydrogen) atoms. The van der Waals surface area contributed by atoms with Gasteiger partial charge in [0.25, 0.3) is 0 Å². The lowest BCUT2D eigenvalue weighted by molar-refractivity contribution is -0.129. The van der Waals surface area contributed by atoms with E-state index in [1.54, 1.807) is 62.3 Å². The van der Waals surface area contributed by atoms with Gasteiger partial charge in [0.05, 0.1) is 35.3 Å². The van der Waals surface area contributed by atoms with Crippen LogP contribution in [0.4, 0.5) is 0 Å². The van der Waals surface area contributed by atoms with Crippen LogP contribution < -0.4 is 16.3 Å². The number of phenols is 3. The minimum atomic E-state index is -0.747. The lowest BCUT2D eigenvalue weighted by Gasteiger charge is -2.16. The molecule has 12 nitrogen and oxygen atoms in total. The molecule has 0 aliphatic heterocycles. The quantitative estimate of drug-likeness (QED) is 0.255. The van der Waals surface area contributed by atoms with E-state index in [1.807, 2.05) is 0 Å². The van der Waals surface area contributed by atoms with E-state index in [-0.39, 0.29) is 16.7 Å². The number of hydrogen-bond donors (Lipinski definition) is 6. The molecule has 0 saturated carbocycles. The van der Waals surface area contributed by atoms with E-state index in [9.17, 15) is 29.7 Å². The van der Waals surface area contributed by atoms with Crippen molar-refractivity contribution in [3.63, 3.8) is 0 Å². The van der Waals surface area contributed by atoms with E-state index < -0.39 is 51.2 Å². The minimum absolute atomic E-state index is 0.283. The lowest BCUT2D eigenvalue weighted by Crippen LogP contribution is -2.31. The number of hydrogen-bond acceptors (Lipinski definition) is 9. The number of carbonyl (C=O) groups is 3. The number of aromatic hydroxyl groups is 3.